The number of aliphatic hydroxyl groups is 1. The van der Waals surface area contributed by atoms with Gasteiger partial charge in [-0.3, -0.25) is 4.79 Å². The minimum Gasteiger partial charge on any atom is -0.475 e. The molecular formula is C22H19F6N5O4S. The highest BCUT2D eigenvalue weighted by Crippen LogP contribution is 2.32. The van der Waals surface area contributed by atoms with Crippen LogP contribution in [0.1, 0.15) is 22.8 Å². The molecule has 0 saturated heterocycles. The van der Waals surface area contributed by atoms with E-state index in [-0.39, 0.29) is 12.5 Å². The molecule has 1 aromatic heterocycles. The van der Waals surface area contributed by atoms with Crippen LogP contribution in [0.4, 0.5) is 37.2 Å². The lowest BCUT2D eigenvalue weighted by Gasteiger charge is -2.19. The number of fused-ring (bicyclic) bond motifs is 1. The van der Waals surface area contributed by atoms with E-state index in [1.165, 1.54) is 23.5 Å². The predicted molar refractivity (Wildman–Crippen MR) is 124 cm³/mol. The van der Waals surface area contributed by atoms with Crippen molar-refractivity contribution in [1.29, 1.82) is 0 Å². The minimum absolute atomic E-state index is 0.0487. The van der Waals surface area contributed by atoms with Gasteiger partial charge < -0.3 is 26.6 Å². The van der Waals surface area contributed by atoms with Crippen LogP contribution in [0.25, 0.3) is 10.6 Å². The molecule has 9 nitrogen and oxygen atoms in total. The smallest absolute Gasteiger partial charge is 0.475 e. The first kappa shape index (κ1) is 28.8. The average Bonchev–Trinajstić information content (AvgIpc) is 3.46. The summed E-state index contributed by atoms with van der Waals surface area (Å²) in [5, 5.41) is 32.6. The molecule has 2 heterocycles. The lowest BCUT2D eigenvalue weighted by molar-refractivity contribution is -0.192. The number of aliphatic carboxylic acids is 1. The molecule has 0 aliphatic carbocycles. The van der Waals surface area contributed by atoms with Gasteiger partial charge in [-0.2, -0.15) is 26.3 Å². The number of rotatable bonds is 6. The van der Waals surface area contributed by atoms with Crippen molar-refractivity contribution in [2.45, 2.75) is 30.9 Å². The number of hydrogen-bond acceptors (Lipinski definition) is 8. The molecule has 0 unspecified atom stereocenters. The lowest BCUT2D eigenvalue weighted by atomic mass is 10.0. The lowest BCUT2D eigenvalue weighted by Crippen LogP contribution is -2.35. The van der Waals surface area contributed by atoms with Gasteiger partial charge in [0, 0.05) is 17.8 Å². The second-order valence-corrected chi connectivity index (χ2v) is 8.90. The SMILES string of the molecule is N[C@H](CNc1nnc(-c2ccc3c(c2)CC(=O)N3)s1)[C@@H](O)c1ccc(C(F)(F)F)cc1.O=C(O)C(F)(F)F. The van der Waals surface area contributed by atoms with Crippen molar-refractivity contribution in [3.8, 4) is 10.6 Å². The summed E-state index contributed by atoms with van der Waals surface area (Å²) < 4.78 is 69.7. The number of aliphatic hydroxyl groups excluding tert-OH is 1. The maximum absolute atomic E-state index is 12.7. The largest absolute Gasteiger partial charge is 0.490 e. The maximum Gasteiger partial charge on any atom is 0.490 e. The number of nitrogens with zero attached hydrogens (tertiary/aromatic N) is 2. The molecule has 16 heteroatoms. The fraction of sp³-hybridized carbons (Fsp3) is 0.273. The first-order chi connectivity index (χ1) is 17.6. The number of anilines is 2. The number of carbonyl (C=O) groups is 2. The van der Waals surface area contributed by atoms with E-state index in [4.69, 9.17) is 15.6 Å². The molecule has 3 aromatic rings. The molecule has 0 bridgehead atoms. The van der Waals surface area contributed by atoms with Gasteiger partial charge in [0.15, 0.2) is 0 Å². The van der Waals surface area contributed by atoms with Crippen LogP contribution in [0.2, 0.25) is 0 Å². The van der Waals surface area contributed by atoms with Gasteiger partial charge in [0.1, 0.15) is 5.01 Å². The molecular weight excluding hydrogens is 544 g/mol. The molecule has 0 fully saturated rings. The van der Waals surface area contributed by atoms with Crippen molar-refractivity contribution in [3.05, 3.63) is 59.2 Å². The molecule has 2 atom stereocenters. The summed E-state index contributed by atoms with van der Waals surface area (Å²) in [5.74, 6) is -2.81. The summed E-state index contributed by atoms with van der Waals surface area (Å²) in [6, 6.07) is 9.02. The first-order valence-corrected chi connectivity index (χ1v) is 11.4. The zero-order valence-corrected chi connectivity index (χ0v) is 19.8. The van der Waals surface area contributed by atoms with Gasteiger partial charge in [-0.25, -0.2) is 4.79 Å². The van der Waals surface area contributed by atoms with Crippen molar-refractivity contribution < 1.29 is 46.1 Å². The molecule has 4 rings (SSSR count). The van der Waals surface area contributed by atoms with Crippen molar-refractivity contribution in [3.63, 3.8) is 0 Å². The Morgan fingerprint density at radius 1 is 1.11 bits per heavy atom. The standard InChI is InChI=1S/C20H18F3N5O2S.C2HF3O2/c21-20(22,23)13-4-1-10(2-5-13)17(30)14(24)9-25-19-28-27-18(31-19)11-3-6-15-12(7-11)8-16(29)26-15;3-2(4,5)1(6)7/h1-7,14,17,30H,8-9,24H2,(H,25,28)(H,26,29);(H,6,7)/t14-,17+;/m1./s1. The van der Waals surface area contributed by atoms with Crippen LogP contribution in [-0.4, -0.2) is 51.0 Å². The molecule has 2 aromatic carbocycles. The number of carbonyl (C=O) groups excluding carboxylic acids is 1. The van der Waals surface area contributed by atoms with Gasteiger partial charge in [-0.15, -0.1) is 10.2 Å². The van der Waals surface area contributed by atoms with Crippen LogP contribution in [-0.2, 0) is 22.2 Å². The summed E-state index contributed by atoms with van der Waals surface area (Å²) in [5.41, 5.74) is 8.02. The van der Waals surface area contributed by atoms with Crippen LogP contribution in [0.15, 0.2) is 42.5 Å². The van der Waals surface area contributed by atoms with Crippen LogP contribution < -0.4 is 16.4 Å². The number of alkyl halides is 6. The van der Waals surface area contributed by atoms with E-state index in [1.54, 1.807) is 0 Å². The van der Waals surface area contributed by atoms with E-state index >= 15 is 0 Å². The van der Waals surface area contributed by atoms with E-state index in [0.29, 0.717) is 22.1 Å². The summed E-state index contributed by atoms with van der Waals surface area (Å²) in [6.45, 7) is 0.138. The van der Waals surface area contributed by atoms with Gasteiger partial charge in [0.25, 0.3) is 0 Å². The summed E-state index contributed by atoms with van der Waals surface area (Å²) in [7, 11) is 0. The number of halogens is 6. The Hall–Kier alpha value is -3.76. The second kappa shape index (κ2) is 11.3. The molecule has 0 radical (unpaired) electrons. The monoisotopic (exact) mass is 563 g/mol. The Morgan fingerprint density at radius 2 is 1.74 bits per heavy atom. The van der Waals surface area contributed by atoms with Crippen molar-refractivity contribution in [2.75, 3.05) is 17.2 Å². The first-order valence-electron chi connectivity index (χ1n) is 10.6. The zero-order valence-electron chi connectivity index (χ0n) is 19.0. The number of carboxylic acids is 1. The fourth-order valence-corrected chi connectivity index (χ4v) is 3.95. The zero-order chi connectivity index (χ0) is 28.3. The number of hydrogen-bond donors (Lipinski definition) is 5. The highest BCUT2D eigenvalue weighted by Gasteiger charge is 2.38. The van der Waals surface area contributed by atoms with Crippen LogP contribution in [0.5, 0.6) is 0 Å². The molecule has 0 saturated carbocycles. The van der Waals surface area contributed by atoms with E-state index in [9.17, 15) is 36.2 Å². The van der Waals surface area contributed by atoms with Gasteiger partial charge in [-0.05, 0) is 41.5 Å². The van der Waals surface area contributed by atoms with Gasteiger partial charge in [-0.1, -0.05) is 23.5 Å². The predicted octanol–water partition coefficient (Wildman–Crippen LogP) is 3.82. The Morgan fingerprint density at radius 3 is 2.32 bits per heavy atom. The minimum atomic E-state index is -5.08. The molecule has 38 heavy (non-hydrogen) atoms. The molecule has 6 N–H and O–H groups in total. The van der Waals surface area contributed by atoms with Crippen molar-refractivity contribution >= 4 is 34.0 Å². The molecule has 1 amide bonds. The fourth-order valence-electron chi connectivity index (χ4n) is 3.21. The van der Waals surface area contributed by atoms with Crippen LogP contribution in [0.3, 0.4) is 0 Å². The number of nitrogens with two attached hydrogens (primary N) is 1. The normalized spacial score (nSPS) is 14.6. The highest BCUT2D eigenvalue weighted by atomic mass is 32.1. The summed E-state index contributed by atoms with van der Waals surface area (Å²) >= 11 is 1.29. The quantitative estimate of drug-likeness (QED) is 0.284. The van der Waals surface area contributed by atoms with Crippen molar-refractivity contribution in [2.24, 2.45) is 5.73 Å². The van der Waals surface area contributed by atoms with E-state index in [1.807, 2.05) is 18.2 Å². The summed E-state index contributed by atoms with van der Waals surface area (Å²) in [4.78, 5) is 20.4. The number of benzene rings is 2. The Labute approximate surface area is 214 Å². The summed E-state index contributed by atoms with van der Waals surface area (Å²) in [6.07, 6.45) is -10.3. The Balaban J connectivity index is 0.000000505. The van der Waals surface area contributed by atoms with Crippen molar-refractivity contribution in [1.82, 2.24) is 10.2 Å². The number of carboxylic acid groups (broad SMARTS) is 1. The van der Waals surface area contributed by atoms with Crippen LogP contribution >= 0.6 is 11.3 Å². The third-order valence-corrected chi connectivity index (χ3v) is 6.05. The molecule has 0 spiro atoms. The third-order valence-electron chi connectivity index (χ3n) is 5.12. The third kappa shape index (κ3) is 7.39. The second-order valence-electron chi connectivity index (χ2n) is 7.92. The number of aromatic nitrogens is 2. The van der Waals surface area contributed by atoms with Gasteiger partial charge in [0.05, 0.1) is 24.1 Å². The molecule has 1 aliphatic rings. The average molecular weight is 563 g/mol. The molecule has 1 aliphatic heterocycles. The van der Waals surface area contributed by atoms with E-state index < -0.39 is 36.0 Å². The van der Waals surface area contributed by atoms with Gasteiger partial charge >= 0.3 is 18.3 Å². The maximum atomic E-state index is 12.7. The topological polar surface area (TPSA) is 150 Å². The highest BCUT2D eigenvalue weighted by molar-refractivity contribution is 7.18. The van der Waals surface area contributed by atoms with Crippen LogP contribution in [0, 0.1) is 0 Å². The van der Waals surface area contributed by atoms with E-state index in [2.05, 4.69) is 20.8 Å². The number of amides is 1. The van der Waals surface area contributed by atoms with Gasteiger partial charge in [0.2, 0.25) is 11.0 Å². The van der Waals surface area contributed by atoms with E-state index in [0.717, 1.165) is 28.9 Å². The Kier molecular flexibility index (Phi) is 8.58. The number of nitrogens with one attached hydrogen (secondary N) is 2. The molecule has 204 valence electrons. The Bertz CT molecular complexity index is 1300.